The van der Waals surface area contributed by atoms with Gasteiger partial charge in [0.25, 0.3) is 0 Å². The van der Waals surface area contributed by atoms with Crippen molar-refractivity contribution in [2.45, 2.75) is 64.5 Å². The molecule has 0 radical (unpaired) electrons. The van der Waals surface area contributed by atoms with Crippen LogP contribution in [0.2, 0.25) is 0 Å². The summed E-state index contributed by atoms with van der Waals surface area (Å²) in [5.74, 6) is 0.565. The Bertz CT molecular complexity index is 387. The van der Waals surface area contributed by atoms with Crippen molar-refractivity contribution in [2.24, 2.45) is 0 Å². The number of hydrogen-bond donors (Lipinski definition) is 1. The van der Waals surface area contributed by atoms with Gasteiger partial charge in [-0.1, -0.05) is 45.4 Å². The van der Waals surface area contributed by atoms with E-state index < -0.39 is 0 Å². The van der Waals surface area contributed by atoms with Crippen LogP contribution in [0.15, 0.2) is 24.3 Å². The van der Waals surface area contributed by atoms with Crippen LogP contribution in [-0.4, -0.2) is 18.8 Å². The fourth-order valence-electron chi connectivity index (χ4n) is 2.89. The van der Waals surface area contributed by atoms with Gasteiger partial charge in [-0.3, -0.25) is 0 Å². The third-order valence-corrected chi connectivity index (χ3v) is 3.92. The van der Waals surface area contributed by atoms with Crippen LogP contribution in [0.1, 0.15) is 57.9 Å². The first-order valence-electron chi connectivity index (χ1n) is 7.67. The Morgan fingerprint density at radius 1 is 1.32 bits per heavy atom. The lowest BCUT2D eigenvalue weighted by atomic mass is 9.97. The zero-order valence-electron chi connectivity index (χ0n) is 12.5. The van der Waals surface area contributed by atoms with Crippen LogP contribution in [0.4, 0.5) is 5.69 Å². The van der Waals surface area contributed by atoms with Crippen LogP contribution in [0.3, 0.4) is 0 Å². The standard InChI is InChI=1S/C17H27NO/c1-4-7-15-12-14(10-11-19-15)18-17-9-6-5-8-16(17)13(2)3/h5-6,8-9,13-15,18H,4,7,10-12H2,1-3H3. The lowest BCUT2D eigenvalue weighted by Crippen LogP contribution is -2.34. The minimum atomic E-state index is 0.447. The van der Waals surface area contributed by atoms with E-state index in [4.69, 9.17) is 4.74 Å². The Morgan fingerprint density at radius 2 is 2.11 bits per heavy atom. The van der Waals surface area contributed by atoms with E-state index in [1.54, 1.807) is 0 Å². The largest absolute Gasteiger partial charge is 0.382 e. The Hall–Kier alpha value is -1.02. The zero-order valence-corrected chi connectivity index (χ0v) is 12.5. The van der Waals surface area contributed by atoms with E-state index >= 15 is 0 Å². The van der Waals surface area contributed by atoms with Gasteiger partial charge in [0.1, 0.15) is 0 Å². The Morgan fingerprint density at radius 3 is 2.84 bits per heavy atom. The molecule has 2 unspecified atom stereocenters. The van der Waals surface area contributed by atoms with Crippen molar-refractivity contribution in [3.05, 3.63) is 29.8 Å². The van der Waals surface area contributed by atoms with Gasteiger partial charge in [-0.2, -0.15) is 0 Å². The summed E-state index contributed by atoms with van der Waals surface area (Å²) in [6.07, 6.45) is 5.10. The van der Waals surface area contributed by atoms with Crippen molar-refractivity contribution in [3.8, 4) is 0 Å². The third kappa shape index (κ3) is 3.97. The minimum absolute atomic E-state index is 0.447. The van der Waals surface area contributed by atoms with Gasteiger partial charge in [0.2, 0.25) is 0 Å². The molecule has 1 N–H and O–H groups in total. The highest BCUT2D eigenvalue weighted by Crippen LogP contribution is 2.27. The van der Waals surface area contributed by atoms with E-state index in [1.165, 1.54) is 24.1 Å². The average molecular weight is 261 g/mol. The van der Waals surface area contributed by atoms with Crippen LogP contribution in [0.5, 0.6) is 0 Å². The molecule has 0 saturated carbocycles. The SMILES string of the molecule is CCCC1CC(Nc2ccccc2C(C)C)CCO1. The van der Waals surface area contributed by atoms with Crippen molar-refractivity contribution >= 4 is 5.69 Å². The van der Waals surface area contributed by atoms with Crippen LogP contribution in [0, 0.1) is 0 Å². The first-order valence-corrected chi connectivity index (χ1v) is 7.67. The molecule has 0 aliphatic carbocycles. The maximum Gasteiger partial charge on any atom is 0.0594 e. The highest BCUT2D eigenvalue weighted by molar-refractivity contribution is 5.53. The highest BCUT2D eigenvalue weighted by atomic mass is 16.5. The number of ether oxygens (including phenoxy) is 1. The minimum Gasteiger partial charge on any atom is -0.382 e. The van der Waals surface area contributed by atoms with Crippen molar-refractivity contribution in [1.82, 2.24) is 0 Å². The summed E-state index contributed by atoms with van der Waals surface area (Å²) >= 11 is 0. The molecule has 1 heterocycles. The molecule has 0 amide bonds. The lowest BCUT2D eigenvalue weighted by molar-refractivity contribution is 0.00597. The maximum absolute atomic E-state index is 5.82. The quantitative estimate of drug-likeness (QED) is 0.838. The maximum atomic E-state index is 5.82. The second kappa shape index (κ2) is 6.95. The van der Waals surface area contributed by atoms with Crippen LogP contribution in [0.25, 0.3) is 0 Å². The van der Waals surface area contributed by atoms with Crippen molar-refractivity contribution in [3.63, 3.8) is 0 Å². The van der Waals surface area contributed by atoms with E-state index in [2.05, 4.69) is 50.4 Å². The number of benzene rings is 1. The molecule has 19 heavy (non-hydrogen) atoms. The summed E-state index contributed by atoms with van der Waals surface area (Å²) in [5, 5.41) is 3.74. The monoisotopic (exact) mass is 261 g/mol. The summed E-state index contributed by atoms with van der Waals surface area (Å²) in [7, 11) is 0. The van der Waals surface area contributed by atoms with Crippen molar-refractivity contribution in [2.75, 3.05) is 11.9 Å². The van der Waals surface area contributed by atoms with Crippen molar-refractivity contribution < 1.29 is 4.74 Å². The van der Waals surface area contributed by atoms with E-state index in [-0.39, 0.29) is 0 Å². The van der Waals surface area contributed by atoms with Gasteiger partial charge in [0, 0.05) is 18.3 Å². The molecule has 2 nitrogen and oxygen atoms in total. The van der Waals surface area contributed by atoms with Gasteiger partial charge in [0.15, 0.2) is 0 Å². The zero-order chi connectivity index (χ0) is 13.7. The molecule has 2 atom stereocenters. The molecule has 2 rings (SSSR count). The number of nitrogens with one attached hydrogen (secondary N) is 1. The molecule has 0 bridgehead atoms. The second-order valence-corrected chi connectivity index (χ2v) is 5.89. The van der Waals surface area contributed by atoms with Gasteiger partial charge < -0.3 is 10.1 Å². The van der Waals surface area contributed by atoms with Gasteiger partial charge in [-0.25, -0.2) is 0 Å². The topological polar surface area (TPSA) is 21.3 Å². The fraction of sp³-hybridized carbons (Fsp3) is 0.647. The molecule has 1 fully saturated rings. The molecular weight excluding hydrogens is 234 g/mol. The van der Waals surface area contributed by atoms with E-state index in [9.17, 15) is 0 Å². The molecular formula is C17H27NO. The molecule has 0 spiro atoms. The number of para-hydroxylation sites is 1. The molecule has 1 aromatic carbocycles. The van der Waals surface area contributed by atoms with Crippen LogP contribution >= 0.6 is 0 Å². The number of rotatable bonds is 5. The number of hydrogen-bond acceptors (Lipinski definition) is 2. The van der Waals surface area contributed by atoms with E-state index in [0.29, 0.717) is 18.1 Å². The third-order valence-electron chi connectivity index (χ3n) is 3.92. The second-order valence-electron chi connectivity index (χ2n) is 5.89. The molecule has 1 aliphatic heterocycles. The van der Waals surface area contributed by atoms with Gasteiger partial charge in [-0.05, 0) is 36.8 Å². The molecule has 106 valence electrons. The summed E-state index contributed by atoms with van der Waals surface area (Å²) in [6, 6.07) is 9.25. The first kappa shape index (κ1) is 14.4. The summed E-state index contributed by atoms with van der Waals surface area (Å²) in [4.78, 5) is 0. The summed E-state index contributed by atoms with van der Waals surface area (Å²) in [6.45, 7) is 7.63. The number of anilines is 1. The fourth-order valence-corrected chi connectivity index (χ4v) is 2.89. The Balaban J connectivity index is 2.00. The molecule has 1 saturated heterocycles. The van der Waals surface area contributed by atoms with Crippen molar-refractivity contribution in [1.29, 1.82) is 0 Å². The van der Waals surface area contributed by atoms with Gasteiger partial charge >= 0.3 is 0 Å². The van der Waals surface area contributed by atoms with Crippen LogP contribution < -0.4 is 5.32 Å². The summed E-state index contributed by atoms with van der Waals surface area (Å²) < 4.78 is 5.82. The summed E-state index contributed by atoms with van der Waals surface area (Å²) in [5.41, 5.74) is 2.72. The predicted octanol–water partition coefficient (Wildman–Crippen LogP) is 4.57. The van der Waals surface area contributed by atoms with E-state index in [0.717, 1.165) is 19.4 Å². The average Bonchev–Trinajstić information content (AvgIpc) is 2.40. The first-order chi connectivity index (χ1) is 9.20. The lowest BCUT2D eigenvalue weighted by Gasteiger charge is -2.31. The smallest absolute Gasteiger partial charge is 0.0594 e. The highest BCUT2D eigenvalue weighted by Gasteiger charge is 2.22. The Labute approximate surface area is 117 Å². The molecule has 0 aromatic heterocycles. The van der Waals surface area contributed by atoms with Gasteiger partial charge in [-0.15, -0.1) is 0 Å². The predicted molar refractivity (Wildman–Crippen MR) is 81.8 cm³/mol. The molecule has 2 heteroatoms. The van der Waals surface area contributed by atoms with Crippen LogP contribution in [-0.2, 0) is 4.74 Å². The van der Waals surface area contributed by atoms with E-state index in [1.807, 2.05) is 0 Å². The Kier molecular flexibility index (Phi) is 5.26. The normalized spacial score (nSPS) is 23.6. The molecule has 1 aliphatic rings. The molecule has 1 aromatic rings. The van der Waals surface area contributed by atoms with Gasteiger partial charge in [0.05, 0.1) is 6.10 Å².